The Morgan fingerprint density at radius 1 is 0.464 bits per heavy atom. The summed E-state index contributed by atoms with van der Waals surface area (Å²) in [7, 11) is 0. The standard InChI is InChI=1S/C26H52N2/c1-4-7-9-10-11-12-13-14-15-16-17-18-19-20-23-28-25-24-27(22-8-5-2)26(28)21-6-3/h24-26H,4-23H2,1-3H3. The van der Waals surface area contributed by atoms with E-state index in [0.717, 1.165) is 0 Å². The number of hydrogen-bond donors (Lipinski definition) is 0. The van der Waals surface area contributed by atoms with Crippen LogP contribution < -0.4 is 0 Å². The lowest BCUT2D eigenvalue weighted by Gasteiger charge is -2.32. The van der Waals surface area contributed by atoms with Gasteiger partial charge >= 0.3 is 0 Å². The van der Waals surface area contributed by atoms with Crippen LogP contribution in [0.3, 0.4) is 0 Å². The summed E-state index contributed by atoms with van der Waals surface area (Å²) < 4.78 is 0. The van der Waals surface area contributed by atoms with Gasteiger partial charge < -0.3 is 9.80 Å². The largest absolute Gasteiger partial charge is 0.356 e. The minimum atomic E-state index is 0.638. The number of nitrogens with zero attached hydrogens (tertiary/aromatic N) is 2. The van der Waals surface area contributed by atoms with Gasteiger partial charge in [-0.05, 0) is 19.3 Å². The normalized spacial score (nSPS) is 16.5. The topological polar surface area (TPSA) is 6.48 Å². The molecule has 1 rings (SSSR count). The van der Waals surface area contributed by atoms with E-state index in [4.69, 9.17) is 0 Å². The highest BCUT2D eigenvalue weighted by Crippen LogP contribution is 2.22. The molecule has 1 aliphatic rings. The fourth-order valence-corrected chi connectivity index (χ4v) is 4.43. The molecule has 0 aromatic carbocycles. The lowest BCUT2D eigenvalue weighted by Crippen LogP contribution is -2.39. The average Bonchev–Trinajstić information content (AvgIpc) is 3.08. The predicted molar refractivity (Wildman–Crippen MR) is 126 cm³/mol. The van der Waals surface area contributed by atoms with Crippen molar-refractivity contribution in [3.05, 3.63) is 12.4 Å². The summed E-state index contributed by atoms with van der Waals surface area (Å²) in [4.78, 5) is 5.19. The minimum Gasteiger partial charge on any atom is -0.356 e. The third-order valence-corrected chi connectivity index (χ3v) is 6.30. The van der Waals surface area contributed by atoms with Crippen molar-refractivity contribution in [1.82, 2.24) is 9.80 Å². The van der Waals surface area contributed by atoms with Gasteiger partial charge in [0, 0.05) is 25.5 Å². The van der Waals surface area contributed by atoms with Gasteiger partial charge in [0.15, 0.2) is 0 Å². The SMILES string of the molecule is CCCCCCCCCCCCCCCCN1C=CN(CCCC)C1CCC. The molecular formula is C26H52N2. The number of unbranched alkanes of at least 4 members (excludes halogenated alkanes) is 14. The lowest BCUT2D eigenvalue weighted by atomic mass is 10.0. The summed E-state index contributed by atoms with van der Waals surface area (Å²) in [5, 5.41) is 0. The van der Waals surface area contributed by atoms with Gasteiger partial charge in [-0.15, -0.1) is 0 Å². The molecule has 0 aromatic heterocycles. The van der Waals surface area contributed by atoms with Gasteiger partial charge in [-0.3, -0.25) is 0 Å². The van der Waals surface area contributed by atoms with E-state index in [1.54, 1.807) is 0 Å². The molecule has 1 unspecified atom stereocenters. The van der Waals surface area contributed by atoms with Crippen LogP contribution in [0, 0.1) is 0 Å². The predicted octanol–water partition coefficient (Wildman–Crippen LogP) is 8.48. The Balaban J connectivity index is 1.93. The van der Waals surface area contributed by atoms with Crippen LogP contribution in [0.15, 0.2) is 12.4 Å². The van der Waals surface area contributed by atoms with E-state index in [0.29, 0.717) is 6.17 Å². The van der Waals surface area contributed by atoms with Crippen LogP contribution in [0.4, 0.5) is 0 Å². The van der Waals surface area contributed by atoms with E-state index in [1.807, 2.05) is 0 Å². The van der Waals surface area contributed by atoms with Crippen LogP contribution in [0.25, 0.3) is 0 Å². The smallest absolute Gasteiger partial charge is 0.101 e. The second kappa shape index (κ2) is 18.4. The highest BCUT2D eigenvalue weighted by Gasteiger charge is 2.24. The Kier molecular flexibility index (Phi) is 16.7. The lowest BCUT2D eigenvalue weighted by molar-refractivity contribution is 0.138. The summed E-state index contributed by atoms with van der Waals surface area (Å²) in [6, 6.07) is 0. The van der Waals surface area contributed by atoms with Crippen molar-refractivity contribution in [3.63, 3.8) is 0 Å². The Bertz CT molecular complexity index is 352. The van der Waals surface area contributed by atoms with E-state index in [2.05, 4.69) is 43.0 Å². The average molecular weight is 393 g/mol. The second-order valence-corrected chi connectivity index (χ2v) is 8.99. The molecule has 0 saturated heterocycles. The van der Waals surface area contributed by atoms with E-state index in [9.17, 15) is 0 Å². The zero-order valence-electron chi connectivity index (χ0n) is 19.8. The van der Waals surface area contributed by atoms with Gasteiger partial charge in [0.1, 0.15) is 6.17 Å². The Morgan fingerprint density at radius 3 is 1.29 bits per heavy atom. The minimum absolute atomic E-state index is 0.638. The molecular weight excluding hydrogens is 340 g/mol. The van der Waals surface area contributed by atoms with Crippen LogP contribution in [-0.2, 0) is 0 Å². The summed E-state index contributed by atoms with van der Waals surface area (Å²) in [5.74, 6) is 0. The molecule has 0 bridgehead atoms. The first-order valence-corrected chi connectivity index (χ1v) is 13.0. The van der Waals surface area contributed by atoms with Crippen molar-refractivity contribution in [3.8, 4) is 0 Å². The molecule has 0 radical (unpaired) electrons. The molecule has 0 saturated carbocycles. The van der Waals surface area contributed by atoms with Gasteiger partial charge in [-0.25, -0.2) is 0 Å². The maximum absolute atomic E-state index is 2.61. The van der Waals surface area contributed by atoms with Crippen molar-refractivity contribution in [1.29, 1.82) is 0 Å². The van der Waals surface area contributed by atoms with E-state index >= 15 is 0 Å². The first kappa shape index (κ1) is 25.4. The molecule has 0 spiro atoms. The van der Waals surface area contributed by atoms with Gasteiger partial charge in [0.25, 0.3) is 0 Å². The molecule has 1 heterocycles. The van der Waals surface area contributed by atoms with Gasteiger partial charge in [-0.1, -0.05) is 117 Å². The zero-order valence-corrected chi connectivity index (χ0v) is 19.8. The fourth-order valence-electron chi connectivity index (χ4n) is 4.43. The van der Waals surface area contributed by atoms with Crippen molar-refractivity contribution in [2.24, 2.45) is 0 Å². The molecule has 1 atom stereocenters. The van der Waals surface area contributed by atoms with Crippen molar-refractivity contribution >= 4 is 0 Å². The molecule has 0 amide bonds. The third kappa shape index (κ3) is 12.0. The number of rotatable bonds is 20. The second-order valence-electron chi connectivity index (χ2n) is 8.99. The Morgan fingerprint density at radius 2 is 0.857 bits per heavy atom. The maximum Gasteiger partial charge on any atom is 0.101 e. The summed E-state index contributed by atoms with van der Waals surface area (Å²) in [5.41, 5.74) is 0. The third-order valence-electron chi connectivity index (χ3n) is 6.30. The van der Waals surface area contributed by atoms with Gasteiger partial charge in [0.2, 0.25) is 0 Å². The van der Waals surface area contributed by atoms with Crippen LogP contribution in [-0.4, -0.2) is 29.1 Å². The molecule has 0 aromatic rings. The van der Waals surface area contributed by atoms with E-state index in [1.165, 1.54) is 129 Å². The molecule has 0 fully saturated rings. The van der Waals surface area contributed by atoms with Crippen molar-refractivity contribution < 1.29 is 0 Å². The fraction of sp³-hybridized carbons (Fsp3) is 0.923. The Hall–Kier alpha value is -0.660. The molecule has 2 heteroatoms. The molecule has 166 valence electrons. The highest BCUT2D eigenvalue weighted by atomic mass is 15.4. The molecule has 1 aliphatic heterocycles. The summed E-state index contributed by atoms with van der Waals surface area (Å²) >= 11 is 0. The maximum atomic E-state index is 2.61. The van der Waals surface area contributed by atoms with Crippen molar-refractivity contribution in [2.75, 3.05) is 13.1 Å². The van der Waals surface area contributed by atoms with Gasteiger partial charge in [-0.2, -0.15) is 0 Å². The van der Waals surface area contributed by atoms with Crippen molar-refractivity contribution in [2.45, 2.75) is 143 Å². The molecule has 2 nitrogen and oxygen atoms in total. The Labute approximate surface area is 178 Å². The van der Waals surface area contributed by atoms with Crippen LogP contribution in [0.2, 0.25) is 0 Å². The quantitative estimate of drug-likeness (QED) is 0.192. The summed E-state index contributed by atoms with van der Waals surface area (Å²) in [6.07, 6.45) is 30.7. The molecule has 0 aliphatic carbocycles. The van der Waals surface area contributed by atoms with E-state index in [-0.39, 0.29) is 0 Å². The zero-order chi connectivity index (χ0) is 20.3. The van der Waals surface area contributed by atoms with E-state index < -0.39 is 0 Å². The molecule has 0 N–H and O–H groups in total. The van der Waals surface area contributed by atoms with Crippen LogP contribution in [0.1, 0.15) is 136 Å². The first-order valence-electron chi connectivity index (χ1n) is 13.0. The number of hydrogen-bond acceptors (Lipinski definition) is 2. The van der Waals surface area contributed by atoms with Crippen LogP contribution in [0.5, 0.6) is 0 Å². The van der Waals surface area contributed by atoms with Crippen LogP contribution >= 0.6 is 0 Å². The highest BCUT2D eigenvalue weighted by molar-refractivity contribution is 4.96. The monoisotopic (exact) mass is 392 g/mol. The van der Waals surface area contributed by atoms with Gasteiger partial charge in [0.05, 0.1) is 0 Å². The first-order chi connectivity index (χ1) is 13.8. The summed E-state index contributed by atoms with van der Waals surface area (Å²) in [6.45, 7) is 9.39. The molecule has 28 heavy (non-hydrogen) atoms.